The Morgan fingerprint density at radius 1 is 0.313 bits per heavy atom. The van der Waals surface area contributed by atoms with Crippen LogP contribution in [0.5, 0.6) is 0 Å². The molecule has 0 amide bonds. The lowest BCUT2D eigenvalue weighted by molar-refractivity contribution is 0.661. The first-order chi connectivity index (χ1) is 33.0. The third-order valence-corrected chi connectivity index (χ3v) is 13.9. The van der Waals surface area contributed by atoms with Crippen LogP contribution in [0.15, 0.2) is 219 Å². The summed E-state index contributed by atoms with van der Waals surface area (Å²) in [6.45, 7) is 4.64. The van der Waals surface area contributed by atoms with E-state index in [1.54, 1.807) is 6.20 Å². The van der Waals surface area contributed by atoms with E-state index in [0.717, 1.165) is 50.1 Å². The van der Waals surface area contributed by atoms with Gasteiger partial charge in [-0.3, -0.25) is 4.98 Å². The van der Waals surface area contributed by atoms with Gasteiger partial charge in [0.2, 0.25) is 0 Å². The molecule has 4 heteroatoms. The molecule has 67 heavy (non-hydrogen) atoms. The molecule has 1 aliphatic rings. The lowest BCUT2D eigenvalue weighted by Crippen LogP contribution is -2.17. The van der Waals surface area contributed by atoms with E-state index in [4.69, 9.17) is 15.0 Å². The zero-order valence-corrected chi connectivity index (χ0v) is 37.1. The molecule has 0 N–H and O–H groups in total. The van der Waals surface area contributed by atoms with Crippen molar-refractivity contribution >= 4 is 43.1 Å². The molecule has 0 fully saturated rings. The number of fused-ring (bicyclic) bond motifs is 9. The first-order valence-electron chi connectivity index (χ1n) is 22.9. The van der Waals surface area contributed by atoms with Gasteiger partial charge in [-0.25, -0.2) is 15.0 Å². The van der Waals surface area contributed by atoms with Crippen molar-refractivity contribution in [1.82, 2.24) is 19.9 Å². The predicted molar refractivity (Wildman–Crippen MR) is 278 cm³/mol. The molecular formula is C63H42N4. The predicted octanol–water partition coefficient (Wildman–Crippen LogP) is 16.2. The molecular weight excluding hydrogens is 813 g/mol. The van der Waals surface area contributed by atoms with Crippen LogP contribution in [0.25, 0.3) is 122 Å². The summed E-state index contributed by atoms with van der Waals surface area (Å²) in [6, 6.07) is 74.4. The maximum Gasteiger partial charge on any atom is 0.164 e. The van der Waals surface area contributed by atoms with Crippen LogP contribution in [-0.2, 0) is 5.41 Å². The minimum atomic E-state index is -0.276. The maximum absolute atomic E-state index is 5.53. The second-order valence-electron chi connectivity index (χ2n) is 18.2. The van der Waals surface area contributed by atoms with E-state index in [0.29, 0.717) is 17.5 Å². The van der Waals surface area contributed by atoms with Crippen LogP contribution in [0.2, 0.25) is 0 Å². The number of hydrogen-bond acceptors (Lipinski definition) is 4. The molecule has 314 valence electrons. The Morgan fingerprint density at radius 2 is 0.806 bits per heavy atom. The lowest BCUT2D eigenvalue weighted by atomic mass is 9.80. The molecule has 0 spiro atoms. The third kappa shape index (κ3) is 6.36. The molecule has 2 aromatic heterocycles. The van der Waals surface area contributed by atoms with Gasteiger partial charge in [-0.1, -0.05) is 184 Å². The summed E-state index contributed by atoms with van der Waals surface area (Å²) in [6.07, 6.45) is 3.70. The second kappa shape index (κ2) is 15.3. The molecule has 1 aliphatic carbocycles. The fourth-order valence-corrected chi connectivity index (χ4v) is 10.8. The zero-order valence-electron chi connectivity index (χ0n) is 37.1. The summed E-state index contributed by atoms with van der Waals surface area (Å²) < 4.78 is 0. The van der Waals surface area contributed by atoms with Gasteiger partial charge in [-0.05, 0) is 135 Å². The largest absolute Gasteiger partial charge is 0.264 e. The van der Waals surface area contributed by atoms with Crippen molar-refractivity contribution in [3.05, 3.63) is 230 Å². The molecule has 0 radical (unpaired) electrons. The topological polar surface area (TPSA) is 51.6 Å². The first-order valence-corrected chi connectivity index (χ1v) is 22.9. The highest BCUT2D eigenvalue weighted by Gasteiger charge is 2.38. The van der Waals surface area contributed by atoms with Gasteiger partial charge in [-0.2, -0.15) is 0 Å². The van der Waals surface area contributed by atoms with E-state index < -0.39 is 0 Å². The van der Waals surface area contributed by atoms with Crippen LogP contribution in [0.1, 0.15) is 25.0 Å². The van der Waals surface area contributed by atoms with Crippen molar-refractivity contribution in [1.29, 1.82) is 0 Å². The van der Waals surface area contributed by atoms with Crippen LogP contribution >= 0.6 is 0 Å². The number of nitrogens with zero attached hydrogens (tertiary/aromatic N) is 4. The van der Waals surface area contributed by atoms with Gasteiger partial charge in [0.05, 0.1) is 0 Å². The van der Waals surface area contributed by atoms with Gasteiger partial charge in [0.1, 0.15) is 0 Å². The maximum atomic E-state index is 5.53. The fraction of sp³-hybridized carbons (Fsp3) is 0.0476. The Kier molecular flexibility index (Phi) is 8.84. The molecule has 13 rings (SSSR count). The zero-order chi connectivity index (χ0) is 44.6. The number of aromatic nitrogens is 4. The monoisotopic (exact) mass is 854 g/mol. The van der Waals surface area contributed by atoms with Crippen LogP contribution in [0.3, 0.4) is 0 Å². The number of benzene rings is 10. The van der Waals surface area contributed by atoms with E-state index in [2.05, 4.69) is 219 Å². The van der Waals surface area contributed by atoms with Crippen LogP contribution in [-0.4, -0.2) is 19.9 Å². The number of pyridine rings is 1. The van der Waals surface area contributed by atoms with Crippen LogP contribution in [0.4, 0.5) is 0 Å². The highest BCUT2D eigenvalue weighted by Crippen LogP contribution is 2.52. The summed E-state index contributed by atoms with van der Waals surface area (Å²) >= 11 is 0. The van der Waals surface area contributed by atoms with Gasteiger partial charge in [-0.15, -0.1) is 0 Å². The minimum absolute atomic E-state index is 0.276. The van der Waals surface area contributed by atoms with E-state index in [-0.39, 0.29) is 5.41 Å². The Hall–Kier alpha value is -8.60. The van der Waals surface area contributed by atoms with E-state index >= 15 is 0 Å². The quantitative estimate of drug-likeness (QED) is 0.156. The fourth-order valence-electron chi connectivity index (χ4n) is 10.8. The first kappa shape index (κ1) is 38.8. The molecule has 0 unspecified atom stereocenters. The van der Waals surface area contributed by atoms with E-state index in [1.807, 2.05) is 12.3 Å². The van der Waals surface area contributed by atoms with Crippen molar-refractivity contribution in [3.8, 4) is 78.7 Å². The van der Waals surface area contributed by atoms with Crippen molar-refractivity contribution in [2.45, 2.75) is 19.3 Å². The third-order valence-electron chi connectivity index (χ3n) is 13.9. The molecule has 0 bridgehead atoms. The summed E-state index contributed by atoms with van der Waals surface area (Å²) in [7, 11) is 0. The summed E-state index contributed by atoms with van der Waals surface area (Å²) in [5, 5.41) is 9.70. The number of hydrogen-bond donors (Lipinski definition) is 0. The molecule has 0 saturated heterocycles. The minimum Gasteiger partial charge on any atom is -0.264 e. The highest BCUT2D eigenvalue weighted by molar-refractivity contribution is 6.16. The van der Waals surface area contributed by atoms with Crippen LogP contribution in [0, 0.1) is 0 Å². The van der Waals surface area contributed by atoms with Gasteiger partial charge in [0, 0.05) is 34.5 Å². The normalized spacial score (nSPS) is 12.7. The van der Waals surface area contributed by atoms with Crippen LogP contribution < -0.4 is 0 Å². The summed E-state index contributed by atoms with van der Waals surface area (Å²) in [4.78, 5) is 20.7. The van der Waals surface area contributed by atoms with Crippen molar-refractivity contribution in [3.63, 3.8) is 0 Å². The Bertz CT molecular complexity index is 3810. The van der Waals surface area contributed by atoms with Gasteiger partial charge in [0.25, 0.3) is 0 Å². The average molecular weight is 855 g/mol. The smallest absolute Gasteiger partial charge is 0.164 e. The molecule has 0 saturated carbocycles. The molecule has 0 aliphatic heterocycles. The van der Waals surface area contributed by atoms with Crippen molar-refractivity contribution < 1.29 is 0 Å². The Morgan fingerprint density at radius 3 is 1.43 bits per heavy atom. The highest BCUT2D eigenvalue weighted by atomic mass is 15.0. The molecule has 4 nitrogen and oxygen atoms in total. The van der Waals surface area contributed by atoms with Gasteiger partial charge >= 0.3 is 0 Å². The average Bonchev–Trinajstić information content (AvgIpc) is 3.64. The number of rotatable bonds is 6. The summed E-state index contributed by atoms with van der Waals surface area (Å²) in [5.74, 6) is 1.87. The molecule has 0 atom stereocenters. The van der Waals surface area contributed by atoms with Crippen molar-refractivity contribution in [2.24, 2.45) is 0 Å². The molecule has 10 aromatic carbocycles. The molecule has 12 aromatic rings. The van der Waals surface area contributed by atoms with Gasteiger partial charge in [0.15, 0.2) is 17.5 Å². The Balaban J connectivity index is 1.09. The summed E-state index contributed by atoms with van der Waals surface area (Å²) in [5.41, 5.74) is 14.2. The SMILES string of the molecule is CC1(C)c2ccccc2-c2cccc(-c3nc(-c4ccc(-c5cccnc5)cc4)nc(-c4cc(-c5cc6ccccc6c6ccccc56)cc(-c5cc6ccccc6c6ccccc56)c4)n3)c21. The van der Waals surface area contributed by atoms with E-state index in [1.165, 1.54) is 65.3 Å². The van der Waals surface area contributed by atoms with Crippen molar-refractivity contribution in [2.75, 3.05) is 0 Å². The molecule has 2 heterocycles. The van der Waals surface area contributed by atoms with Gasteiger partial charge < -0.3 is 0 Å². The second-order valence-corrected chi connectivity index (χ2v) is 18.2. The standard InChI is InChI=1S/C63H42N4/c1-63(2)58-27-12-11-24-53(58)54-25-13-26-55(59(54)63)62-66-60(40-30-28-39(29-31-40)43-17-14-32-64-38-43)65-61(67-62)46-34-44(56-36-41-15-3-5-18-47(41)49-20-7-9-22-51(49)56)33-45(35-46)57-37-42-16-4-6-19-48(42)50-21-8-10-23-52(50)57/h3-38H,1-2H3. The van der Waals surface area contributed by atoms with E-state index in [9.17, 15) is 0 Å². The Labute approximate surface area is 389 Å². The lowest BCUT2D eigenvalue weighted by Gasteiger charge is -2.24.